The number of nitrogens with one attached hydrogen (secondary N) is 1. The van der Waals surface area contributed by atoms with Crippen molar-refractivity contribution >= 4 is 33.2 Å². The van der Waals surface area contributed by atoms with Crippen LogP contribution in [0, 0.1) is 0 Å². The zero-order valence-corrected chi connectivity index (χ0v) is 13.2. The van der Waals surface area contributed by atoms with Gasteiger partial charge in [-0.1, -0.05) is 12.1 Å². The number of phenolic OH excluding ortho intramolecular Hbond substituents is 2. The molecule has 110 valence electrons. The molecule has 2 rings (SSSR count). The number of rotatable bonds is 3. The van der Waals surface area contributed by atoms with Crippen LogP contribution in [0.2, 0.25) is 0 Å². The molecule has 0 aliphatic heterocycles. The zero-order valence-electron chi connectivity index (χ0n) is 11.6. The van der Waals surface area contributed by atoms with E-state index in [2.05, 4.69) is 21.2 Å². The van der Waals surface area contributed by atoms with Gasteiger partial charge in [-0.2, -0.15) is 0 Å². The second kappa shape index (κ2) is 6.05. The van der Waals surface area contributed by atoms with E-state index in [1.165, 1.54) is 12.1 Å². The highest BCUT2D eigenvalue weighted by Gasteiger charge is 2.14. The highest BCUT2D eigenvalue weighted by Crippen LogP contribution is 2.34. The van der Waals surface area contributed by atoms with Crippen LogP contribution in [0.25, 0.3) is 0 Å². The SMILES string of the molecule is CN(C)c1ccccc1NC(=O)c1cc(O)c(Br)c(O)c1. The highest BCUT2D eigenvalue weighted by atomic mass is 79.9. The largest absolute Gasteiger partial charge is 0.507 e. The van der Waals surface area contributed by atoms with Crippen molar-refractivity contribution in [1.29, 1.82) is 0 Å². The molecule has 0 saturated carbocycles. The van der Waals surface area contributed by atoms with Gasteiger partial charge in [0, 0.05) is 19.7 Å². The molecule has 0 heterocycles. The van der Waals surface area contributed by atoms with Crippen molar-refractivity contribution in [1.82, 2.24) is 0 Å². The van der Waals surface area contributed by atoms with Crippen LogP contribution in [0.4, 0.5) is 11.4 Å². The molecule has 0 radical (unpaired) electrons. The molecule has 1 amide bonds. The third-order valence-electron chi connectivity index (χ3n) is 2.93. The summed E-state index contributed by atoms with van der Waals surface area (Å²) >= 11 is 3.02. The Morgan fingerprint density at radius 3 is 2.29 bits per heavy atom. The molecule has 0 unspecified atom stereocenters. The first kappa shape index (κ1) is 15.2. The van der Waals surface area contributed by atoms with Crippen LogP contribution in [-0.4, -0.2) is 30.2 Å². The first-order valence-electron chi connectivity index (χ1n) is 6.19. The first-order chi connectivity index (χ1) is 9.90. The van der Waals surface area contributed by atoms with E-state index in [9.17, 15) is 15.0 Å². The summed E-state index contributed by atoms with van der Waals surface area (Å²) < 4.78 is 0.160. The monoisotopic (exact) mass is 350 g/mol. The molecule has 0 atom stereocenters. The van der Waals surface area contributed by atoms with Gasteiger partial charge in [0.05, 0.1) is 11.4 Å². The van der Waals surface area contributed by atoms with Gasteiger partial charge in [-0.25, -0.2) is 0 Å². The van der Waals surface area contributed by atoms with Gasteiger partial charge < -0.3 is 20.4 Å². The summed E-state index contributed by atoms with van der Waals surface area (Å²) in [7, 11) is 3.75. The van der Waals surface area contributed by atoms with E-state index in [4.69, 9.17) is 0 Å². The van der Waals surface area contributed by atoms with Crippen LogP contribution in [0.5, 0.6) is 11.5 Å². The fourth-order valence-electron chi connectivity index (χ4n) is 1.89. The van der Waals surface area contributed by atoms with Crippen LogP contribution in [0.3, 0.4) is 0 Å². The van der Waals surface area contributed by atoms with Gasteiger partial charge in [-0.05, 0) is 40.2 Å². The molecule has 6 heteroatoms. The van der Waals surface area contributed by atoms with E-state index < -0.39 is 5.91 Å². The molecular weight excluding hydrogens is 336 g/mol. The summed E-state index contributed by atoms with van der Waals surface area (Å²) in [5.41, 5.74) is 1.67. The van der Waals surface area contributed by atoms with Crippen molar-refractivity contribution in [2.24, 2.45) is 0 Å². The predicted molar refractivity (Wildman–Crippen MR) is 86.2 cm³/mol. The fraction of sp³-hybridized carbons (Fsp3) is 0.133. The minimum Gasteiger partial charge on any atom is -0.507 e. The Hall–Kier alpha value is -2.21. The number of hydrogen-bond donors (Lipinski definition) is 3. The van der Waals surface area contributed by atoms with E-state index in [-0.39, 0.29) is 21.5 Å². The van der Waals surface area contributed by atoms with Crippen LogP contribution in [0.1, 0.15) is 10.4 Å². The summed E-state index contributed by atoms with van der Waals surface area (Å²) in [6.45, 7) is 0. The first-order valence-corrected chi connectivity index (χ1v) is 6.98. The topological polar surface area (TPSA) is 72.8 Å². The number of amides is 1. The molecular formula is C15H15BrN2O3. The fourth-order valence-corrected chi connectivity index (χ4v) is 2.12. The van der Waals surface area contributed by atoms with Crippen molar-refractivity contribution in [3.63, 3.8) is 0 Å². The van der Waals surface area contributed by atoms with Crippen LogP contribution >= 0.6 is 15.9 Å². The molecule has 3 N–H and O–H groups in total. The number of halogens is 1. The van der Waals surface area contributed by atoms with Crippen LogP contribution < -0.4 is 10.2 Å². The van der Waals surface area contributed by atoms with Gasteiger partial charge >= 0.3 is 0 Å². The number of hydrogen-bond acceptors (Lipinski definition) is 4. The Bertz CT molecular complexity index is 663. The zero-order chi connectivity index (χ0) is 15.6. The molecule has 0 aliphatic carbocycles. The Balaban J connectivity index is 2.31. The van der Waals surface area contributed by atoms with Crippen LogP contribution in [-0.2, 0) is 0 Å². The lowest BCUT2D eigenvalue weighted by molar-refractivity contribution is 0.102. The predicted octanol–water partition coefficient (Wildman–Crippen LogP) is 3.18. The molecule has 0 saturated heterocycles. The molecule has 0 fully saturated rings. The summed E-state index contributed by atoms with van der Waals surface area (Å²) in [5.74, 6) is -0.801. The number of nitrogens with zero attached hydrogens (tertiary/aromatic N) is 1. The Morgan fingerprint density at radius 1 is 1.14 bits per heavy atom. The highest BCUT2D eigenvalue weighted by molar-refractivity contribution is 9.10. The number of anilines is 2. The van der Waals surface area contributed by atoms with Crippen LogP contribution in [0.15, 0.2) is 40.9 Å². The van der Waals surface area contributed by atoms with Crippen molar-refractivity contribution in [3.8, 4) is 11.5 Å². The smallest absolute Gasteiger partial charge is 0.255 e. The van der Waals surface area contributed by atoms with Gasteiger partial charge in [0.2, 0.25) is 0 Å². The van der Waals surface area contributed by atoms with E-state index >= 15 is 0 Å². The van der Waals surface area contributed by atoms with Crippen molar-refractivity contribution in [2.75, 3.05) is 24.3 Å². The molecule has 0 aliphatic rings. The molecule has 0 aromatic heterocycles. The standard InChI is InChI=1S/C15H15BrN2O3/c1-18(2)11-6-4-3-5-10(11)17-15(21)9-7-12(19)14(16)13(20)8-9/h3-8,19-20H,1-2H3,(H,17,21). The number of phenols is 2. The molecule has 2 aromatic carbocycles. The van der Waals surface area contributed by atoms with Gasteiger partial charge in [0.1, 0.15) is 16.0 Å². The molecule has 0 spiro atoms. The average Bonchev–Trinajstić information content (AvgIpc) is 2.44. The number of aromatic hydroxyl groups is 2. The van der Waals surface area contributed by atoms with E-state index in [0.717, 1.165) is 5.69 Å². The van der Waals surface area contributed by atoms with Gasteiger partial charge in [0.25, 0.3) is 5.91 Å². The lowest BCUT2D eigenvalue weighted by Crippen LogP contribution is -2.16. The van der Waals surface area contributed by atoms with Gasteiger partial charge in [-0.15, -0.1) is 0 Å². The van der Waals surface area contributed by atoms with Gasteiger partial charge in [-0.3, -0.25) is 4.79 Å². The molecule has 21 heavy (non-hydrogen) atoms. The minimum atomic E-state index is -0.414. The maximum absolute atomic E-state index is 12.2. The third-order valence-corrected chi connectivity index (χ3v) is 3.74. The normalized spacial score (nSPS) is 10.2. The van der Waals surface area contributed by atoms with E-state index in [0.29, 0.717) is 5.69 Å². The second-order valence-corrected chi connectivity index (χ2v) is 5.49. The second-order valence-electron chi connectivity index (χ2n) is 4.69. The molecule has 5 nitrogen and oxygen atoms in total. The number of carbonyl (C=O) groups is 1. The Morgan fingerprint density at radius 2 is 1.71 bits per heavy atom. The lowest BCUT2D eigenvalue weighted by Gasteiger charge is -2.17. The number of benzene rings is 2. The maximum atomic E-state index is 12.2. The molecule has 0 bridgehead atoms. The van der Waals surface area contributed by atoms with E-state index in [1.54, 1.807) is 6.07 Å². The van der Waals surface area contributed by atoms with Gasteiger partial charge in [0.15, 0.2) is 0 Å². The van der Waals surface area contributed by atoms with Crippen molar-refractivity contribution in [3.05, 3.63) is 46.4 Å². The minimum absolute atomic E-state index is 0.160. The Kier molecular flexibility index (Phi) is 4.37. The van der Waals surface area contributed by atoms with E-state index in [1.807, 2.05) is 37.2 Å². The summed E-state index contributed by atoms with van der Waals surface area (Å²) in [6, 6.07) is 9.94. The lowest BCUT2D eigenvalue weighted by atomic mass is 10.1. The van der Waals surface area contributed by atoms with Crippen molar-refractivity contribution < 1.29 is 15.0 Å². The number of carbonyl (C=O) groups excluding carboxylic acids is 1. The maximum Gasteiger partial charge on any atom is 0.255 e. The Labute approximate surface area is 131 Å². The average molecular weight is 351 g/mol. The number of para-hydroxylation sites is 2. The third kappa shape index (κ3) is 3.28. The summed E-state index contributed by atoms with van der Waals surface area (Å²) in [5, 5.41) is 22.1. The quantitative estimate of drug-likeness (QED) is 0.794. The van der Waals surface area contributed by atoms with Crippen molar-refractivity contribution in [2.45, 2.75) is 0 Å². The summed E-state index contributed by atoms with van der Waals surface area (Å²) in [6.07, 6.45) is 0. The summed E-state index contributed by atoms with van der Waals surface area (Å²) in [4.78, 5) is 14.1. The molecule has 2 aromatic rings.